The molecule has 4 nitrogen and oxygen atoms in total. The maximum Gasteiger partial charge on any atom is 0.335 e. The molecule has 0 atom stereocenters. The summed E-state index contributed by atoms with van der Waals surface area (Å²) in [6.45, 7) is 25.4. The molecule has 0 radical (unpaired) electrons. The molecule has 40 heavy (non-hydrogen) atoms. The van der Waals surface area contributed by atoms with Crippen LogP contribution in [0, 0.1) is 22.2 Å². The third-order valence-electron chi connectivity index (χ3n) is 6.71. The quantitative estimate of drug-likeness (QED) is 0.123. The van der Waals surface area contributed by atoms with E-state index in [1.165, 1.54) is 0 Å². The minimum Gasteiger partial charge on any atom is -0.762 e. The van der Waals surface area contributed by atoms with Crippen molar-refractivity contribution < 1.29 is 9.15 Å². The van der Waals surface area contributed by atoms with Crippen LogP contribution in [0.3, 0.4) is 0 Å². The van der Waals surface area contributed by atoms with Crippen LogP contribution < -0.4 is 0 Å². The summed E-state index contributed by atoms with van der Waals surface area (Å²) in [6, 6.07) is 6.13. The molecule has 1 aliphatic heterocycles. The lowest BCUT2D eigenvalue weighted by atomic mass is 9.76. The highest BCUT2D eigenvalue weighted by molar-refractivity contribution is 7.81. The fourth-order valence-corrected chi connectivity index (χ4v) is 4.48. The fourth-order valence-electron chi connectivity index (χ4n) is 4.16. The van der Waals surface area contributed by atoms with Crippen molar-refractivity contribution in [2.45, 2.75) is 93.9 Å². The number of thiocarbonyl (C=S) groups is 1. The van der Waals surface area contributed by atoms with E-state index in [4.69, 9.17) is 21.4 Å². The summed E-state index contributed by atoms with van der Waals surface area (Å²) in [7, 11) is 0. The molecule has 0 unspecified atom stereocenters. The van der Waals surface area contributed by atoms with Crippen LogP contribution in [0.5, 0.6) is 0 Å². The lowest BCUT2D eigenvalue weighted by Gasteiger charge is -2.33. The van der Waals surface area contributed by atoms with Crippen LogP contribution in [0.4, 0.5) is 0 Å². The second-order valence-electron chi connectivity index (χ2n) is 14.7. The zero-order valence-corrected chi connectivity index (χ0v) is 26.9. The average molecular weight is 555 g/mol. The molecule has 0 saturated carbocycles. The molecular weight excluding hydrogens is 512 g/mol. The molecule has 5 heteroatoms. The van der Waals surface area contributed by atoms with Gasteiger partial charge < -0.3 is 10.1 Å². The second-order valence-corrected chi connectivity index (χ2v) is 15.1. The van der Waals surface area contributed by atoms with Crippen molar-refractivity contribution in [3.63, 3.8) is 0 Å². The predicted molar refractivity (Wildman–Crippen MR) is 170 cm³/mol. The van der Waals surface area contributed by atoms with Gasteiger partial charge in [0, 0.05) is 39.7 Å². The van der Waals surface area contributed by atoms with Crippen LogP contribution in [0.2, 0.25) is 0 Å². The lowest BCUT2D eigenvalue weighted by Crippen LogP contribution is -2.23. The third kappa shape index (κ3) is 6.69. The summed E-state index contributed by atoms with van der Waals surface area (Å²) >= 11 is 5.91. The van der Waals surface area contributed by atoms with Crippen LogP contribution >= 0.6 is 12.2 Å². The van der Waals surface area contributed by atoms with Crippen LogP contribution in [0.25, 0.3) is 11.5 Å². The van der Waals surface area contributed by atoms with Crippen LogP contribution in [0.15, 0.2) is 74.2 Å². The first kappa shape index (κ1) is 31.2. The first-order valence-electron chi connectivity index (χ1n) is 13.7. The van der Waals surface area contributed by atoms with Gasteiger partial charge in [-0.2, -0.15) is 5.26 Å². The minimum atomic E-state index is -0.198. The molecule has 0 amide bonds. The van der Waals surface area contributed by atoms with Gasteiger partial charge in [-0.3, -0.25) is 0 Å². The third-order valence-corrected chi connectivity index (χ3v) is 7.15. The van der Waals surface area contributed by atoms with Gasteiger partial charge in [0.25, 0.3) is 0 Å². The van der Waals surface area contributed by atoms with Crippen molar-refractivity contribution in [3.05, 3.63) is 92.2 Å². The van der Waals surface area contributed by atoms with E-state index in [0.717, 1.165) is 45.3 Å². The summed E-state index contributed by atoms with van der Waals surface area (Å²) in [5.41, 5.74) is 3.13. The standard InChI is InChI=1S/C35H42N2O2S/c1-32(2,3)26-15-21(16-27(38-26)33(4,5)6)13-24-30(23(19-36)20-37)25(31(24)40)14-22-17-28(34(7,8)9)39-29(18-22)35(10,11)12/h13-18H,1-12H3. The van der Waals surface area contributed by atoms with Gasteiger partial charge in [0.15, 0.2) is 0 Å². The van der Waals surface area contributed by atoms with E-state index in [9.17, 15) is 10.7 Å². The Labute approximate surface area is 246 Å². The highest BCUT2D eigenvalue weighted by Crippen LogP contribution is 2.43. The first-order valence-corrected chi connectivity index (χ1v) is 14.1. The number of ether oxygens (including phenoxy) is 1. The van der Waals surface area contributed by atoms with E-state index in [1.54, 1.807) is 0 Å². The van der Waals surface area contributed by atoms with E-state index in [1.807, 2.05) is 36.4 Å². The number of nitriles is 1. The number of hydrogen-bond acceptors (Lipinski definition) is 3. The summed E-state index contributed by atoms with van der Waals surface area (Å²) in [5.74, 6) is 5.52. The minimum absolute atomic E-state index is 0.0477. The smallest absolute Gasteiger partial charge is 0.335 e. The van der Waals surface area contributed by atoms with Crippen LogP contribution in [-0.4, -0.2) is 10.7 Å². The normalized spacial score (nSPS) is 17.4. The van der Waals surface area contributed by atoms with E-state index in [0.29, 0.717) is 10.4 Å². The SMILES string of the molecule is CC(C)(C)C1=CC(=CC2=C(C(=C=[N-])C#N)/C(=C/c3cc(C(C)(C)C)[o+]c(C(C)(C)C)c3)C2=S)C=C(C(C)(C)C)O1. The van der Waals surface area contributed by atoms with Crippen molar-refractivity contribution in [2.75, 3.05) is 0 Å². The maximum absolute atomic E-state index is 9.86. The number of nitrogens with zero attached hydrogens (tertiary/aromatic N) is 2. The molecule has 0 fully saturated rings. The Morgan fingerprint density at radius 3 is 1.68 bits per heavy atom. The molecule has 1 aromatic rings. The Balaban J connectivity index is 2.27. The highest BCUT2D eigenvalue weighted by Gasteiger charge is 2.36. The van der Waals surface area contributed by atoms with Crippen molar-refractivity contribution in [1.82, 2.24) is 0 Å². The molecule has 1 aromatic heterocycles. The second kappa shape index (κ2) is 10.6. The topological polar surface area (TPSA) is 66.6 Å². The molecule has 0 spiro atoms. The van der Waals surface area contributed by atoms with Crippen LogP contribution in [-0.2, 0) is 15.6 Å². The first-order chi connectivity index (χ1) is 18.2. The Morgan fingerprint density at radius 1 is 0.825 bits per heavy atom. The maximum atomic E-state index is 9.86. The van der Waals surface area contributed by atoms with Crippen LogP contribution in [0.1, 0.15) is 100 Å². The van der Waals surface area contributed by atoms with E-state index in [2.05, 4.69) is 95.0 Å². The summed E-state index contributed by atoms with van der Waals surface area (Å²) in [6.07, 6.45) is 8.00. The van der Waals surface area contributed by atoms with Gasteiger partial charge in [0.2, 0.25) is 0 Å². The van der Waals surface area contributed by atoms with Crippen molar-refractivity contribution in [1.29, 1.82) is 5.26 Å². The largest absolute Gasteiger partial charge is 0.762 e. The van der Waals surface area contributed by atoms with E-state index < -0.39 is 0 Å². The number of rotatable bonds is 3. The van der Waals surface area contributed by atoms with Crippen molar-refractivity contribution in [2.24, 2.45) is 10.8 Å². The summed E-state index contributed by atoms with van der Waals surface area (Å²) in [4.78, 5) is 0.629. The molecule has 0 N–H and O–H groups in total. The molecule has 3 rings (SSSR count). The zero-order chi connectivity index (χ0) is 30.4. The molecule has 0 aromatic carbocycles. The Kier molecular flexibility index (Phi) is 8.26. The predicted octanol–water partition coefficient (Wildman–Crippen LogP) is 9.72. The lowest BCUT2D eigenvalue weighted by molar-refractivity contribution is 0.161. The van der Waals surface area contributed by atoms with Gasteiger partial charge in [0.1, 0.15) is 17.6 Å². The van der Waals surface area contributed by atoms with Gasteiger partial charge in [-0.1, -0.05) is 53.8 Å². The fraction of sp³-hybridized carbons (Fsp3) is 0.457. The molecule has 0 bridgehead atoms. The average Bonchev–Trinajstić information content (AvgIpc) is 2.82. The Morgan fingerprint density at radius 2 is 1.30 bits per heavy atom. The molecule has 2 heterocycles. The number of hydrogen-bond donors (Lipinski definition) is 0. The van der Waals surface area contributed by atoms with E-state index in [-0.39, 0.29) is 27.2 Å². The number of allylic oxidation sites excluding steroid dienone is 10. The van der Waals surface area contributed by atoms with Crippen molar-refractivity contribution in [3.8, 4) is 6.07 Å². The molecule has 2 aliphatic rings. The molecule has 210 valence electrons. The molecule has 1 aliphatic carbocycles. The Hall–Kier alpha value is -3.32. The summed E-state index contributed by atoms with van der Waals surface area (Å²) in [5, 5.41) is 19.7. The highest BCUT2D eigenvalue weighted by atomic mass is 32.1. The van der Waals surface area contributed by atoms with Gasteiger partial charge in [-0.05, 0) is 77.0 Å². The zero-order valence-electron chi connectivity index (χ0n) is 26.1. The van der Waals surface area contributed by atoms with Gasteiger partial charge in [0.05, 0.1) is 21.3 Å². The Bertz CT molecular complexity index is 1440. The molecule has 0 saturated heterocycles. The van der Waals surface area contributed by atoms with Gasteiger partial charge >= 0.3 is 11.5 Å². The van der Waals surface area contributed by atoms with Gasteiger partial charge in [-0.25, -0.2) is 10.3 Å². The molecular formula is C35H42N2O2S. The van der Waals surface area contributed by atoms with Gasteiger partial charge in [-0.15, -0.1) is 0 Å². The monoisotopic (exact) mass is 554 g/mol. The summed E-state index contributed by atoms with van der Waals surface area (Å²) < 4.78 is 12.6. The van der Waals surface area contributed by atoms with Crippen molar-refractivity contribution >= 4 is 29.0 Å². The van der Waals surface area contributed by atoms with E-state index >= 15 is 0 Å².